The number of nitriles is 1. The molecule has 1 aliphatic heterocycles. The van der Waals surface area contributed by atoms with Gasteiger partial charge in [0.25, 0.3) is 0 Å². The van der Waals surface area contributed by atoms with E-state index in [2.05, 4.69) is 0 Å². The van der Waals surface area contributed by atoms with Crippen LogP contribution >= 0.6 is 0 Å². The van der Waals surface area contributed by atoms with Crippen LogP contribution in [0, 0.1) is 17.2 Å². The number of sulfonamides is 1. The van der Waals surface area contributed by atoms with Gasteiger partial charge in [0.15, 0.2) is 5.25 Å². The third kappa shape index (κ3) is 2.68. The molecule has 0 saturated carbocycles. The first-order chi connectivity index (χ1) is 7.02. The van der Waals surface area contributed by atoms with Gasteiger partial charge in [-0.3, -0.25) is 0 Å². The Bertz CT molecular complexity index is 339. The Labute approximate surface area is 90.4 Å². The van der Waals surface area contributed by atoms with E-state index in [4.69, 9.17) is 10.4 Å². The minimum atomic E-state index is -3.45. The molecule has 0 radical (unpaired) electrons. The van der Waals surface area contributed by atoms with Crippen molar-refractivity contribution in [3.63, 3.8) is 0 Å². The third-order valence-electron chi connectivity index (χ3n) is 2.82. The lowest BCUT2D eigenvalue weighted by molar-refractivity contribution is 0.170. The molecule has 1 N–H and O–H groups in total. The maximum atomic E-state index is 11.8. The van der Waals surface area contributed by atoms with Crippen molar-refractivity contribution in [3.8, 4) is 6.07 Å². The van der Waals surface area contributed by atoms with Crippen LogP contribution in [0.1, 0.15) is 19.8 Å². The second-order valence-corrected chi connectivity index (χ2v) is 6.09. The molecule has 1 unspecified atom stereocenters. The molecule has 5 nitrogen and oxygen atoms in total. The summed E-state index contributed by atoms with van der Waals surface area (Å²) in [5.74, 6) is 0.203. The highest BCUT2D eigenvalue weighted by molar-refractivity contribution is 7.89. The quantitative estimate of drug-likeness (QED) is 0.738. The Hall–Kier alpha value is -0.640. The normalized spacial score (nSPS) is 22.2. The second-order valence-electron chi connectivity index (χ2n) is 3.84. The molecule has 1 rings (SSSR count). The lowest BCUT2D eigenvalue weighted by Gasteiger charge is -2.30. The molecule has 1 heterocycles. The number of piperidine rings is 1. The van der Waals surface area contributed by atoms with E-state index >= 15 is 0 Å². The van der Waals surface area contributed by atoms with E-state index in [1.54, 1.807) is 6.07 Å². The molecule has 0 aromatic rings. The zero-order valence-electron chi connectivity index (χ0n) is 8.76. The predicted molar refractivity (Wildman–Crippen MR) is 55.4 cm³/mol. The second kappa shape index (κ2) is 4.92. The Morgan fingerprint density at radius 2 is 2.07 bits per heavy atom. The van der Waals surface area contributed by atoms with E-state index in [-0.39, 0.29) is 12.5 Å². The van der Waals surface area contributed by atoms with Crippen molar-refractivity contribution in [2.45, 2.75) is 25.0 Å². The fourth-order valence-electron chi connectivity index (χ4n) is 1.64. The molecular weight excluding hydrogens is 216 g/mol. The summed E-state index contributed by atoms with van der Waals surface area (Å²) >= 11 is 0. The lowest BCUT2D eigenvalue weighted by atomic mass is 10.00. The van der Waals surface area contributed by atoms with Gasteiger partial charge < -0.3 is 5.11 Å². The van der Waals surface area contributed by atoms with Crippen molar-refractivity contribution in [1.29, 1.82) is 5.26 Å². The Balaban J connectivity index is 2.65. The summed E-state index contributed by atoms with van der Waals surface area (Å²) in [6, 6.07) is 1.75. The molecule has 15 heavy (non-hydrogen) atoms. The summed E-state index contributed by atoms with van der Waals surface area (Å²) in [4.78, 5) is 0. The largest absolute Gasteiger partial charge is 0.396 e. The van der Waals surface area contributed by atoms with Crippen LogP contribution < -0.4 is 0 Å². The van der Waals surface area contributed by atoms with Crippen molar-refractivity contribution in [2.24, 2.45) is 5.92 Å². The van der Waals surface area contributed by atoms with Crippen LogP contribution in [-0.2, 0) is 10.0 Å². The van der Waals surface area contributed by atoms with Crippen LogP contribution in [0.2, 0.25) is 0 Å². The van der Waals surface area contributed by atoms with Crippen molar-refractivity contribution >= 4 is 10.0 Å². The van der Waals surface area contributed by atoms with Gasteiger partial charge in [-0.2, -0.15) is 5.26 Å². The Morgan fingerprint density at radius 1 is 1.53 bits per heavy atom. The summed E-state index contributed by atoms with van der Waals surface area (Å²) in [5.41, 5.74) is 0. The first kappa shape index (κ1) is 12.4. The average molecular weight is 232 g/mol. The number of hydrogen-bond acceptors (Lipinski definition) is 4. The van der Waals surface area contributed by atoms with Crippen molar-refractivity contribution in [2.75, 3.05) is 19.7 Å². The van der Waals surface area contributed by atoms with Crippen LogP contribution in [-0.4, -0.2) is 42.8 Å². The van der Waals surface area contributed by atoms with Crippen molar-refractivity contribution in [1.82, 2.24) is 4.31 Å². The van der Waals surface area contributed by atoms with Gasteiger partial charge in [-0.05, 0) is 25.7 Å². The van der Waals surface area contributed by atoms with Gasteiger partial charge in [-0.1, -0.05) is 0 Å². The average Bonchev–Trinajstić information content (AvgIpc) is 2.28. The van der Waals surface area contributed by atoms with Gasteiger partial charge in [0.05, 0.1) is 6.07 Å². The molecule has 1 atom stereocenters. The van der Waals surface area contributed by atoms with Gasteiger partial charge in [0.1, 0.15) is 0 Å². The topological polar surface area (TPSA) is 81.4 Å². The summed E-state index contributed by atoms with van der Waals surface area (Å²) in [6.45, 7) is 2.34. The van der Waals surface area contributed by atoms with Crippen LogP contribution in [0.15, 0.2) is 0 Å². The van der Waals surface area contributed by atoms with Crippen LogP contribution in [0.3, 0.4) is 0 Å². The molecule has 1 aliphatic rings. The van der Waals surface area contributed by atoms with E-state index < -0.39 is 15.3 Å². The molecule has 0 spiro atoms. The lowest BCUT2D eigenvalue weighted by Crippen LogP contribution is -2.42. The molecule has 1 fully saturated rings. The van der Waals surface area contributed by atoms with Crippen LogP contribution in [0.5, 0.6) is 0 Å². The van der Waals surface area contributed by atoms with E-state index in [9.17, 15) is 8.42 Å². The monoisotopic (exact) mass is 232 g/mol. The number of hydrogen-bond donors (Lipinski definition) is 1. The number of aliphatic hydroxyl groups excluding tert-OH is 1. The van der Waals surface area contributed by atoms with E-state index in [0.717, 1.165) is 0 Å². The minimum absolute atomic E-state index is 0.113. The number of rotatable bonds is 3. The Morgan fingerprint density at radius 3 is 2.47 bits per heavy atom. The Kier molecular flexibility index (Phi) is 4.08. The summed E-state index contributed by atoms with van der Waals surface area (Å²) in [6.07, 6.45) is 1.35. The van der Waals surface area contributed by atoms with Crippen molar-refractivity contribution in [3.05, 3.63) is 0 Å². The smallest absolute Gasteiger partial charge is 0.230 e. The maximum Gasteiger partial charge on any atom is 0.230 e. The first-order valence-electron chi connectivity index (χ1n) is 5.01. The molecular formula is C9H16N2O3S. The SMILES string of the molecule is CC(C#N)S(=O)(=O)N1CCC(CO)CC1. The van der Waals surface area contributed by atoms with Gasteiger partial charge in [-0.25, -0.2) is 12.7 Å². The molecule has 86 valence electrons. The van der Waals surface area contributed by atoms with E-state index in [1.807, 2.05) is 0 Å². The van der Waals surface area contributed by atoms with Crippen LogP contribution in [0.4, 0.5) is 0 Å². The summed E-state index contributed by atoms with van der Waals surface area (Å²) in [5, 5.41) is 16.5. The highest BCUT2D eigenvalue weighted by atomic mass is 32.2. The van der Waals surface area contributed by atoms with Crippen molar-refractivity contribution < 1.29 is 13.5 Å². The van der Waals surface area contributed by atoms with Gasteiger partial charge in [0.2, 0.25) is 10.0 Å². The highest BCUT2D eigenvalue weighted by Crippen LogP contribution is 2.20. The molecule has 0 aliphatic carbocycles. The van der Waals surface area contributed by atoms with E-state index in [0.29, 0.717) is 25.9 Å². The standard InChI is InChI=1S/C9H16N2O3S/c1-8(6-10)15(13,14)11-4-2-9(7-12)3-5-11/h8-9,12H,2-5,7H2,1H3. The molecule has 0 amide bonds. The zero-order chi connectivity index (χ0) is 11.5. The molecule has 0 bridgehead atoms. The number of nitrogens with zero attached hydrogens (tertiary/aromatic N) is 2. The third-order valence-corrected chi connectivity index (χ3v) is 4.90. The predicted octanol–water partition coefficient (Wildman–Crippen LogP) is -0.0674. The molecule has 0 aromatic heterocycles. The minimum Gasteiger partial charge on any atom is -0.396 e. The van der Waals surface area contributed by atoms with Gasteiger partial charge in [-0.15, -0.1) is 0 Å². The summed E-state index contributed by atoms with van der Waals surface area (Å²) < 4.78 is 24.9. The summed E-state index contributed by atoms with van der Waals surface area (Å²) in [7, 11) is -3.45. The number of aliphatic hydroxyl groups is 1. The zero-order valence-corrected chi connectivity index (χ0v) is 9.57. The molecule has 1 saturated heterocycles. The first-order valence-corrected chi connectivity index (χ1v) is 6.52. The molecule has 6 heteroatoms. The maximum absolute atomic E-state index is 11.8. The van der Waals surface area contributed by atoms with Gasteiger partial charge in [0, 0.05) is 19.7 Å². The van der Waals surface area contributed by atoms with E-state index in [1.165, 1.54) is 11.2 Å². The molecule has 0 aromatic carbocycles. The van der Waals surface area contributed by atoms with Gasteiger partial charge >= 0.3 is 0 Å². The highest BCUT2D eigenvalue weighted by Gasteiger charge is 2.31. The fourth-order valence-corrected chi connectivity index (χ4v) is 2.94. The fraction of sp³-hybridized carbons (Fsp3) is 0.889. The van der Waals surface area contributed by atoms with Crippen LogP contribution in [0.25, 0.3) is 0 Å².